The first kappa shape index (κ1) is 33.8. The van der Waals surface area contributed by atoms with Gasteiger partial charge < -0.3 is 29.2 Å². The van der Waals surface area contributed by atoms with Gasteiger partial charge in [-0.05, 0) is 70.2 Å². The van der Waals surface area contributed by atoms with Crippen molar-refractivity contribution < 1.29 is 32.2 Å². The number of alkyl halides is 3. The molecule has 1 N–H and O–H groups in total. The van der Waals surface area contributed by atoms with Crippen LogP contribution in [0.2, 0.25) is 5.02 Å². The van der Waals surface area contributed by atoms with Crippen LogP contribution in [0, 0.1) is 0 Å². The van der Waals surface area contributed by atoms with Gasteiger partial charge >= 0.3 is 12.3 Å². The molecule has 2 fully saturated rings. The van der Waals surface area contributed by atoms with Crippen molar-refractivity contribution in [2.45, 2.75) is 83.8 Å². The van der Waals surface area contributed by atoms with E-state index >= 15 is 0 Å². The van der Waals surface area contributed by atoms with E-state index in [0.29, 0.717) is 56.4 Å². The molecule has 0 spiro atoms. The van der Waals surface area contributed by atoms with Gasteiger partial charge in [0, 0.05) is 19.1 Å². The van der Waals surface area contributed by atoms with Crippen LogP contribution in [0.4, 0.5) is 29.3 Å². The Balaban J connectivity index is 1.39. The topological polar surface area (TPSA) is 123 Å². The first-order valence-corrected chi connectivity index (χ1v) is 16.3. The maximum absolute atomic E-state index is 14.3. The summed E-state index contributed by atoms with van der Waals surface area (Å²) in [6.07, 6.45) is -0.762. The molecular weight excluding hydrogens is 655 g/mol. The number of nitrogens with zero attached hydrogens (tertiary/aromatic N) is 6. The molecule has 1 saturated carbocycles. The van der Waals surface area contributed by atoms with E-state index in [1.807, 2.05) is 38.7 Å². The molecule has 3 aromatic rings. The lowest BCUT2D eigenvalue weighted by atomic mass is 9.81. The minimum atomic E-state index is -4.59. The fraction of sp³-hybridized carbons (Fsp3) is 0.531. The van der Waals surface area contributed by atoms with E-state index in [0.717, 1.165) is 36.6 Å². The molecule has 6 rings (SSSR count). The smallest absolute Gasteiger partial charge is 0.416 e. The lowest BCUT2D eigenvalue weighted by molar-refractivity contribution is -0.137. The average Bonchev–Trinajstić information content (AvgIpc) is 3.45. The van der Waals surface area contributed by atoms with Crippen molar-refractivity contribution in [2.24, 2.45) is 0 Å². The van der Waals surface area contributed by atoms with Crippen LogP contribution in [0.3, 0.4) is 0 Å². The zero-order valence-corrected chi connectivity index (χ0v) is 27.8. The summed E-state index contributed by atoms with van der Waals surface area (Å²) < 4.78 is 53.5. The van der Waals surface area contributed by atoms with Gasteiger partial charge in [0.25, 0.3) is 5.56 Å². The molecule has 4 heterocycles. The quantitative estimate of drug-likeness (QED) is 0.377. The number of carbonyl (C=O) groups excluding carboxylic acids is 2. The van der Waals surface area contributed by atoms with Crippen molar-refractivity contribution in [1.82, 2.24) is 24.1 Å². The Morgan fingerprint density at radius 1 is 1.15 bits per heavy atom. The first-order chi connectivity index (χ1) is 22.7. The Labute approximate surface area is 279 Å². The third-order valence-corrected chi connectivity index (χ3v) is 9.10. The second-order valence-corrected chi connectivity index (χ2v) is 13.5. The highest BCUT2D eigenvalue weighted by molar-refractivity contribution is 6.33. The molecule has 3 aliphatic rings. The standard InChI is InChI=1S/C32H37ClF3N7O5/c1-5-22-26(40-12-13-41(24-9-8-23(24)40)30(46)48-31(2,3)4)28(45)43-29(38-27(39-43)18-10-14-47-15-11-18)42(22)17-25(44)37-21-7-6-19(16-20(21)33)32(34,35)36/h6-7,10,16,23-24H,5,8-9,11-15,17H2,1-4H3,(H,37,44)/t23-,24-/m1/s1. The second-order valence-electron chi connectivity index (χ2n) is 13.1. The molecule has 0 radical (unpaired) electrons. The number of nitrogens with one attached hydrogen (secondary N) is 1. The highest BCUT2D eigenvalue weighted by Crippen LogP contribution is 2.38. The molecular formula is C32H37ClF3N7O5. The van der Waals surface area contributed by atoms with Gasteiger partial charge in [0.2, 0.25) is 11.7 Å². The van der Waals surface area contributed by atoms with Crippen LogP contribution in [0.15, 0.2) is 29.1 Å². The zero-order valence-electron chi connectivity index (χ0n) is 27.1. The van der Waals surface area contributed by atoms with E-state index in [1.54, 1.807) is 9.47 Å². The van der Waals surface area contributed by atoms with Crippen molar-refractivity contribution in [3.05, 3.63) is 56.7 Å². The number of ether oxygens (including phenoxy) is 2. The number of hydrogen-bond acceptors (Lipinski definition) is 8. The summed E-state index contributed by atoms with van der Waals surface area (Å²) >= 11 is 6.13. The highest BCUT2D eigenvalue weighted by Gasteiger charge is 2.47. The number of anilines is 2. The third kappa shape index (κ3) is 6.49. The highest BCUT2D eigenvalue weighted by atomic mass is 35.5. The van der Waals surface area contributed by atoms with E-state index in [-0.39, 0.29) is 35.1 Å². The number of aromatic nitrogens is 4. The minimum Gasteiger partial charge on any atom is -0.444 e. The fourth-order valence-corrected chi connectivity index (χ4v) is 6.68. The van der Waals surface area contributed by atoms with Crippen molar-refractivity contribution in [1.29, 1.82) is 0 Å². The summed E-state index contributed by atoms with van der Waals surface area (Å²) in [4.78, 5) is 49.3. The molecule has 1 aliphatic carbocycles. The molecule has 0 bridgehead atoms. The molecule has 1 saturated heterocycles. The van der Waals surface area contributed by atoms with Gasteiger partial charge in [-0.2, -0.15) is 22.7 Å². The maximum atomic E-state index is 14.3. The van der Waals surface area contributed by atoms with E-state index in [1.165, 1.54) is 4.52 Å². The van der Waals surface area contributed by atoms with Crippen LogP contribution in [0.5, 0.6) is 0 Å². The summed E-state index contributed by atoms with van der Waals surface area (Å²) in [5.74, 6) is -0.103. The molecule has 258 valence electrons. The fourth-order valence-electron chi connectivity index (χ4n) is 6.46. The average molecular weight is 692 g/mol. The second kappa shape index (κ2) is 12.7. The Kier molecular flexibility index (Phi) is 8.96. The van der Waals surface area contributed by atoms with Gasteiger partial charge in [0.05, 0.1) is 41.2 Å². The number of fused-ring (bicyclic) bond motifs is 2. The third-order valence-electron chi connectivity index (χ3n) is 8.78. The molecule has 2 aliphatic heterocycles. The van der Waals surface area contributed by atoms with Crippen LogP contribution in [0.25, 0.3) is 11.4 Å². The number of rotatable bonds is 6. The molecule has 2 aromatic heterocycles. The van der Waals surface area contributed by atoms with Gasteiger partial charge in [0.15, 0.2) is 5.82 Å². The number of carbonyl (C=O) groups is 2. The van der Waals surface area contributed by atoms with Crippen LogP contribution in [-0.4, -0.2) is 80.1 Å². The lowest BCUT2D eigenvalue weighted by Crippen LogP contribution is -2.67. The van der Waals surface area contributed by atoms with E-state index in [2.05, 4.69) is 10.4 Å². The lowest BCUT2D eigenvalue weighted by Gasteiger charge is -2.54. The Morgan fingerprint density at radius 3 is 2.50 bits per heavy atom. The summed E-state index contributed by atoms with van der Waals surface area (Å²) in [5.41, 5.74) is -0.273. The van der Waals surface area contributed by atoms with Crippen molar-refractivity contribution in [3.63, 3.8) is 0 Å². The van der Waals surface area contributed by atoms with Gasteiger partial charge in [-0.1, -0.05) is 24.6 Å². The SMILES string of the molecule is CCc1c(N2CCN(C(=O)OC(C)(C)C)[C@@H]3CC[C@H]32)c(=O)n2nc(C3=CCOCC3)nc2n1CC(=O)Nc1ccc(C(F)(F)F)cc1Cl. The number of halogens is 4. The summed E-state index contributed by atoms with van der Waals surface area (Å²) in [6.45, 7) is 8.51. The first-order valence-electron chi connectivity index (χ1n) is 15.9. The number of piperazine rings is 1. The summed E-state index contributed by atoms with van der Waals surface area (Å²) in [6, 6.07) is 2.38. The van der Waals surface area contributed by atoms with E-state index < -0.39 is 34.9 Å². The largest absolute Gasteiger partial charge is 0.444 e. The molecule has 16 heteroatoms. The van der Waals surface area contributed by atoms with E-state index in [9.17, 15) is 27.6 Å². The normalized spacial score (nSPS) is 19.9. The van der Waals surface area contributed by atoms with Crippen molar-refractivity contribution >= 4 is 46.3 Å². The monoisotopic (exact) mass is 691 g/mol. The van der Waals surface area contributed by atoms with Gasteiger partial charge in [-0.15, -0.1) is 5.10 Å². The predicted molar refractivity (Wildman–Crippen MR) is 172 cm³/mol. The predicted octanol–water partition coefficient (Wildman–Crippen LogP) is 5.16. The molecule has 12 nitrogen and oxygen atoms in total. The Hall–Kier alpha value is -4.11. The minimum absolute atomic E-state index is 0.00935. The number of benzene rings is 1. The molecule has 1 aromatic carbocycles. The van der Waals surface area contributed by atoms with Crippen LogP contribution < -0.4 is 15.8 Å². The Bertz CT molecular complexity index is 1850. The molecule has 48 heavy (non-hydrogen) atoms. The van der Waals surface area contributed by atoms with Crippen molar-refractivity contribution in [2.75, 3.05) is 36.5 Å². The zero-order chi connectivity index (χ0) is 34.5. The number of amides is 2. The van der Waals surface area contributed by atoms with Crippen LogP contribution in [0.1, 0.15) is 64.0 Å². The van der Waals surface area contributed by atoms with Gasteiger partial charge in [0.1, 0.15) is 17.8 Å². The number of hydrogen-bond donors (Lipinski definition) is 1. The van der Waals surface area contributed by atoms with Gasteiger partial charge in [-0.25, -0.2) is 4.79 Å². The van der Waals surface area contributed by atoms with Gasteiger partial charge in [-0.3, -0.25) is 9.59 Å². The molecule has 0 unspecified atom stereocenters. The summed E-state index contributed by atoms with van der Waals surface area (Å²) in [7, 11) is 0. The Morgan fingerprint density at radius 2 is 1.90 bits per heavy atom. The van der Waals surface area contributed by atoms with E-state index in [4.69, 9.17) is 26.1 Å². The molecule has 2 amide bonds. The van der Waals surface area contributed by atoms with Crippen LogP contribution in [-0.2, 0) is 33.4 Å². The van der Waals surface area contributed by atoms with Crippen LogP contribution >= 0.6 is 11.6 Å². The molecule has 2 atom stereocenters. The summed E-state index contributed by atoms with van der Waals surface area (Å²) in [5, 5.41) is 6.93. The van der Waals surface area contributed by atoms with Crippen molar-refractivity contribution in [3.8, 4) is 0 Å². The maximum Gasteiger partial charge on any atom is 0.416 e.